The maximum absolute atomic E-state index is 12.5. The monoisotopic (exact) mass is 400 g/mol. The summed E-state index contributed by atoms with van der Waals surface area (Å²) in [5.74, 6) is 1.01. The number of likely N-dealkylation sites (N-methyl/N-ethyl adjacent to an activating group) is 1. The van der Waals surface area contributed by atoms with Crippen molar-refractivity contribution >= 4 is 33.3 Å². The number of carbonyl (C=O) groups is 1. The van der Waals surface area contributed by atoms with E-state index < -0.39 is 0 Å². The Kier molecular flexibility index (Phi) is 4.12. The first-order valence-electron chi connectivity index (χ1n) is 8.02. The van der Waals surface area contributed by atoms with E-state index in [9.17, 15) is 4.79 Å². The molecule has 2 aromatic heterocycles. The number of amides is 1. The number of anilines is 1. The minimum atomic E-state index is 0.134. The molecule has 1 aliphatic heterocycles. The average molecular weight is 401 g/mol. The first-order chi connectivity index (χ1) is 12.1. The van der Waals surface area contributed by atoms with Gasteiger partial charge >= 0.3 is 0 Å². The van der Waals surface area contributed by atoms with E-state index in [0.29, 0.717) is 6.42 Å². The fourth-order valence-electron chi connectivity index (χ4n) is 2.88. The van der Waals surface area contributed by atoms with Gasteiger partial charge in [-0.3, -0.25) is 4.79 Å². The Morgan fingerprint density at radius 2 is 2.00 bits per heavy atom. The molecule has 0 radical (unpaired) electrons. The van der Waals surface area contributed by atoms with Crippen LogP contribution in [0.4, 0.5) is 5.82 Å². The Hall–Kier alpha value is -2.48. The van der Waals surface area contributed by atoms with Crippen LogP contribution in [0.15, 0.2) is 47.2 Å². The van der Waals surface area contributed by atoms with Crippen molar-refractivity contribution in [1.82, 2.24) is 24.7 Å². The number of aromatic nitrogens is 4. The molecule has 3 heterocycles. The van der Waals surface area contributed by atoms with Gasteiger partial charge in [-0.25, -0.2) is 0 Å². The summed E-state index contributed by atoms with van der Waals surface area (Å²) in [6.07, 6.45) is 2.01. The van der Waals surface area contributed by atoms with E-state index in [2.05, 4.69) is 36.1 Å². The Morgan fingerprint density at radius 1 is 1.24 bits per heavy atom. The number of fused-ring (bicyclic) bond motifs is 1. The highest BCUT2D eigenvalue weighted by Gasteiger charge is 2.33. The molecule has 0 unspecified atom stereocenters. The number of benzene rings is 1. The minimum Gasteiger partial charge on any atom is -0.351 e. The maximum atomic E-state index is 12.5. The standard InChI is InChI=1S/C17H17BrN6O/c1-22(17(25)8-12-2-4-13(18)5-3-12)14-9-23(10-14)16-7-6-15-20-19-11-24(15)21-16/h2-7,11,14H,8-10H2,1H3. The Bertz CT molecular complexity index is 903. The lowest BCUT2D eigenvalue weighted by Crippen LogP contribution is -2.60. The highest BCUT2D eigenvalue weighted by molar-refractivity contribution is 9.10. The third kappa shape index (κ3) is 3.21. The van der Waals surface area contributed by atoms with Crippen molar-refractivity contribution in [3.63, 3.8) is 0 Å². The summed E-state index contributed by atoms with van der Waals surface area (Å²) < 4.78 is 2.68. The van der Waals surface area contributed by atoms with Crippen LogP contribution in [0.3, 0.4) is 0 Å². The van der Waals surface area contributed by atoms with Crippen LogP contribution in [0.2, 0.25) is 0 Å². The van der Waals surface area contributed by atoms with Gasteiger partial charge < -0.3 is 9.80 Å². The molecule has 1 amide bonds. The van der Waals surface area contributed by atoms with E-state index in [1.807, 2.05) is 48.3 Å². The zero-order valence-corrected chi connectivity index (χ0v) is 15.3. The molecule has 0 aliphatic carbocycles. The van der Waals surface area contributed by atoms with Gasteiger partial charge in [-0.15, -0.1) is 15.3 Å². The van der Waals surface area contributed by atoms with Gasteiger partial charge in [0.2, 0.25) is 5.91 Å². The summed E-state index contributed by atoms with van der Waals surface area (Å²) in [5, 5.41) is 12.3. The number of hydrogen-bond donors (Lipinski definition) is 0. The van der Waals surface area contributed by atoms with Crippen LogP contribution < -0.4 is 4.90 Å². The molecule has 0 saturated carbocycles. The van der Waals surface area contributed by atoms with E-state index in [4.69, 9.17) is 0 Å². The average Bonchev–Trinajstić information content (AvgIpc) is 3.03. The van der Waals surface area contributed by atoms with Crippen molar-refractivity contribution < 1.29 is 4.79 Å². The molecule has 0 spiro atoms. The molecule has 8 heteroatoms. The lowest BCUT2D eigenvalue weighted by molar-refractivity contribution is -0.131. The van der Waals surface area contributed by atoms with E-state index in [1.165, 1.54) is 0 Å². The number of nitrogens with zero attached hydrogens (tertiary/aromatic N) is 6. The summed E-state index contributed by atoms with van der Waals surface area (Å²) in [5.41, 5.74) is 1.75. The van der Waals surface area contributed by atoms with Crippen LogP contribution in [0, 0.1) is 0 Å². The topological polar surface area (TPSA) is 66.6 Å². The highest BCUT2D eigenvalue weighted by atomic mass is 79.9. The predicted octanol–water partition coefficient (Wildman–Crippen LogP) is 1.78. The largest absolute Gasteiger partial charge is 0.351 e. The van der Waals surface area contributed by atoms with Crippen molar-refractivity contribution in [2.45, 2.75) is 12.5 Å². The molecular weight excluding hydrogens is 384 g/mol. The summed E-state index contributed by atoms with van der Waals surface area (Å²) in [7, 11) is 1.87. The van der Waals surface area contributed by atoms with Gasteiger partial charge in [0.15, 0.2) is 5.65 Å². The van der Waals surface area contributed by atoms with Crippen LogP contribution >= 0.6 is 15.9 Å². The Morgan fingerprint density at radius 3 is 2.76 bits per heavy atom. The molecule has 1 aromatic carbocycles. The number of rotatable bonds is 4. The molecule has 7 nitrogen and oxygen atoms in total. The summed E-state index contributed by atoms with van der Waals surface area (Å²) in [6, 6.07) is 11.9. The van der Waals surface area contributed by atoms with Crippen LogP contribution in [0.1, 0.15) is 5.56 Å². The van der Waals surface area contributed by atoms with Gasteiger partial charge in [-0.05, 0) is 29.8 Å². The Balaban J connectivity index is 1.35. The van der Waals surface area contributed by atoms with Crippen molar-refractivity contribution in [3.8, 4) is 0 Å². The van der Waals surface area contributed by atoms with Crippen LogP contribution in [0.25, 0.3) is 5.65 Å². The van der Waals surface area contributed by atoms with Crippen LogP contribution in [0.5, 0.6) is 0 Å². The molecule has 0 N–H and O–H groups in total. The first-order valence-corrected chi connectivity index (χ1v) is 8.81. The van der Waals surface area contributed by atoms with Crippen molar-refractivity contribution in [3.05, 3.63) is 52.8 Å². The fourth-order valence-corrected chi connectivity index (χ4v) is 3.14. The van der Waals surface area contributed by atoms with Gasteiger partial charge in [0.25, 0.3) is 0 Å². The van der Waals surface area contributed by atoms with Crippen molar-refractivity contribution in [1.29, 1.82) is 0 Å². The molecule has 25 heavy (non-hydrogen) atoms. The number of hydrogen-bond acceptors (Lipinski definition) is 5. The summed E-state index contributed by atoms with van der Waals surface area (Å²) in [4.78, 5) is 16.5. The van der Waals surface area contributed by atoms with Gasteiger partial charge in [0, 0.05) is 24.6 Å². The van der Waals surface area contributed by atoms with Gasteiger partial charge in [0.05, 0.1) is 12.5 Å². The lowest BCUT2D eigenvalue weighted by atomic mass is 10.1. The van der Waals surface area contributed by atoms with Gasteiger partial charge in [-0.2, -0.15) is 4.52 Å². The van der Waals surface area contributed by atoms with E-state index in [1.54, 1.807) is 10.8 Å². The van der Waals surface area contributed by atoms with E-state index >= 15 is 0 Å². The predicted molar refractivity (Wildman–Crippen MR) is 97.4 cm³/mol. The molecule has 1 fully saturated rings. The zero-order valence-electron chi connectivity index (χ0n) is 13.7. The molecule has 3 aromatic rings. The molecule has 1 aliphatic rings. The fraction of sp³-hybridized carbons (Fsp3) is 0.294. The maximum Gasteiger partial charge on any atom is 0.227 e. The number of carbonyl (C=O) groups excluding carboxylic acids is 1. The third-order valence-corrected chi connectivity index (χ3v) is 5.07. The lowest BCUT2D eigenvalue weighted by Gasteiger charge is -2.44. The van der Waals surface area contributed by atoms with Crippen molar-refractivity contribution in [2.24, 2.45) is 0 Å². The summed E-state index contributed by atoms with van der Waals surface area (Å²) >= 11 is 3.41. The van der Waals surface area contributed by atoms with Gasteiger partial charge in [-0.1, -0.05) is 28.1 Å². The molecule has 4 rings (SSSR count). The second-order valence-electron chi connectivity index (χ2n) is 6.19. The summed E-state index contributed by atoms with van der Waals surface area (Å²) in [6.45, 7) is 1.56. The molecular formula is C17H17BrN6O. The second kappa shape index (κ2) is 6.44. The molecule has 0 atom stereocenters. The van der Waals surface area contributed by atoms with E-state index in [-0.39, 0.29) is 11.9 Å². The highest BCUT2D eigenvalue weighted by Crippen LogP contribution is 2.22. The zero-order chi connectivity index (χ0) is 17.4. The van der Waals surface area contributed by atoms with E-state index in [0.717, 1.165) is 34.6 Å². The normalized spacial score (nSPS) is 14.6. The third-order valence-electron chi connectivity index (χ3n) is 4.54. The van der Waals surface area contributed by atoms with Crippen LogP contribution in [-0.4, -0.2) is 56.8 Å². The first kappa shape index (κ1) is 16.0. The molecule has 0 bridgehead atoms. The molecule has 128 valence electrons. The smallest absolute Gasteiger partial charge is 0.227 e. The van der Waals surface area contributed by atoms with Crippen molar-refractivity contribution in [2.75, 3.05) is 25.0 Å². The SMILES string of the molecule is CN(C(=O)Cc1ccc(Br)cc1)C1CN(c2ccc3nncn3n2)C1. The van der Waals surface area contributed by atoms with Crippen LogP contribution in [-0.2, 0) is 11.2 Å². The van der Waals surface area contributed by atoms with Gasteiger partial charge in [0.1, 0.15) is 12.1 Å². The minimum absolute atomic E-state index is 0.134. The molecule has 1 saturated heterocycles. The number of halogens is 1. The second-order valence-corrected chi connectivity index (χ2v) is 7.11. The Labute approximate surface area is 153 Å². The quantitative estimate of drug-likeness (QED) is 0.667.